The number of ether oxygens (including phenoxy) is 1. The molecule has 0 spiro atoms. The zero-order valence-corrected chi connectivity index (χ0v) is 15.9. The van der Waals surface area contributed by atoms with Crippen LogP contribution in [-0.4, -0.2) is 53.1 Å². The molecule has 1 N–H and O–H groups in total. The summed E-state index contributed by atoms with van der Waals surface area (Å²) in [5.41, 5.74) is 1.83. The van der Waals surface area contributed by atoms with E-state index in [-0.39, 0.29) is 5.91 Å². The molecule has 0 saturated carbocycles. The molecule has 1 amide bonds. The van der Waals surface area contributed by atoms with Gasteiger partial charge < -0.3 is 4.74 Å². The van der Waals surface area contributed by atoms with Crippen LogP contribution in [0.25, 0.3) is 0 Å². The molecule has 1 aliphatic heterocycles. The smallest absolute Gasteiger partial charge is 0.257 e. The zero-order valence-electron chi connectivity index (χ0n) is 14.2. The number of anilines is 1. The van der Waals surface area contributed by atoms with Gasteiger partial charge in [0.25, 0.3) is 5.91 Å². The molecule has 1 saturated heterocycles. The Hall–Kier alpha value is -1.48. The Kier molecular flexibility index (Phi) is 6.80. The van der Waals surface area contributed by atoms with Gasteiger partial charge >= 0.3 is 0 Å². The molecule has 0 radical (unpaired) electrons. The normalized spacial score (nSPS) is 15.2. The maximum absolute atomic E-state index is 12.3. The number of amides is 1. The number of aromatic nitrogens is 2. The number of hydrogen-bond donors (Lipinski definition) is 1. The van der Waals surface area contributed by atoms with Crippen LogP contribution in [0.15, 0.2) is 28.6 Å². The summed E-state index contributed by atoms with van der Waals surface area (Å²) in [6, 6.07) is 7.73. The molecule has 1 fully saturated rings. The van der Waals surface area contributed by atoms with Gasteiger partial charge in [-0.1, -0.05) is 42.2 Å². The summed E-state index contributed by atoms with van der Waals surface area (Å²) in [5.74, 6) is 0.855. The Morgan fingerprint density at radius 1 is 1.28 bits per heavy atom. The van der Waals surface area contributed by atoms with Crippen LogP contribution in [0.2, 0.25) is 0 Å². The van der Waals surface area contributed by atoms with Gasteiger partial charge in [-0.05, 0) is 24.1 Å². The van der Waals surface area contributed by atoms with E-state index in [9.17, 15) is 4.79 Å². The first-order valence-corrected chi connectivity index (χ1v) is 10.2. The van der Waals surface area contributed by atoms with Gasteiger partial charge in [0.15, 0.2) is 4.34 Å². The SMILES string of the molecule is CCCSc1nnc(NC(=O)c2ccc(CN3CCOCC3)cc2)s1. The summed E-state index contributed by atoms with van der Waals surface area (Å²) in [6.07, 6.45) is 1.09. The van der Waals surface area contributed by atoms with Gasteiger partial charge in [0.05, 0.1) is 13.2 Å². The van der Waals surface area contributed by atoms with Crippen molar-refractivity contribution in [2.75, 3.05) is 37.4 Å². The minimum atomic E-state index is -0.152. The number of rotatable bonds is 7. The first kappa shape index (κ1) is 18.3. The van der Waals surface area contributed by atoms with Crippen molar-refractivity contribution < 1.29 is 9.53 Å². The van der Waals surface area contributed by atoms with Crippen LogP contribution >= 0.6 is 23.1 Å². The van der Waals surface area contributed by atoms with E-state index >= 15 is 0 Å². The fourth-order valence-corrected chi connectivity index (χ4v) is 4.13. The van der Waals surface area contributed by atoms with Crippen LogP contribution in [0.1, 0.15) is 29.3 Å². The third-order valence-electron chi connectivity index (χ3n) is 3.78. The molecule has 3 rings (SSSR count). The van der Waals surface area contributed by atoms with Crippen molar-refractivity contribution in [1.82, 2.24) is 15.1 Å². The van der Waals surface area contributed by atoms with E-state index in [0.717, 1.165) is 49.4 Å². The highest BCUT2D eigenvalue weighted by Gasteiger charge is 2.13. The molecule has 0 atom stereocenters. The Labute approximate surface area is 156 Å². The van der Waals surface area contributed by atoms with Gasteiger partial charge in [-0.15, -0.1) is 10.2 Å². The first-order chi connectivity index (χ1) is 12.2. The van der Waals surface area contributed by atoms with Crippen molar-refractivity contribution in [3.05, 3.63) is 35.4 Å². The fourth-order valence-electron chi connectivity index (χ4n) is 2.46. The molecule has 134 valence electrons. The Morgan fingerprint density at radius 3 is 2.76 bits per heavy atom. The van der Waals surface area contributed by atoms with Gasteiger partial charge in [-0.2, -0.15) is 0 Å². The quantitative estimate of drug-likeness (QED) is 0.590. The molecule has 1 aromatic heterocycles. The number of morpholine rings is 1. The lowest BCUT2D eigenvalue weighted by Gasteiger charge is -2.26. The number of thioether (sulfide) groups is 1. The summed E-state index contributed by atoms with van der Waals surface area (Å²) in [7, 11) is 0. The zero-order chi connectivity index (χ0) is 17.5. The predicted molar refractivity (Wildman–Crippen MR) is 101 cm³/mol. The molecule has 1 aliphatic rings. The number of carbonyl (C=O) groups excluding carboxylic acids is 1. The lowest BCUT2D eigenvalue weighted by molar-refractivity contribution is 0.0342. The van der Waals surface area contributed by atoms with E-state index in [1.807, 2.05) is 24.3 Å². The number of nitrogens with zero attached hydrogens (tertiary/aromatic N) is 3. The lowest BCUT2D eigenvalue weighted by Crippen LogP contribution is -2.35. The van der Waals surface area contributed by atoms with Crippen molar-refractivity contribution in [3.63, 3.8) is 0 Å². The van der Waals surface area contributed by atoms with Gasteiger partial charge in [-0.3, -0.25) is 15.0 Å². The topological polar surface area (TPSA) is 67.4 Å². The molecule has 25 heavy (non-hydrogen) atoms. The van der Waals surface area contributed by atoms with Crippen molar-refractivity contribution in [2.45, 2.75) is 24.2 Å². The average molecular weight is 379 g/mol. The van der Waals surface area contributed by atoms with Gasteiger partial charge in [0.1, 0.15) is 0 Å². The van der Waals surface area contributed by atoms with E-state index in [1.165, 1.54) is 16.9 Å². The second-order valence-corrected chi connectivity index (χ2v) is 8.08. The highest BCUT2D eigenvalue weighted by Crippen LogP contribution is 2.26. The second-order valence-electron chi connectivity index (χ2n) is 5.76. The summed E-state index contributed by atoms with van der Waals surface area (Å²) < 4.78 is 6.25. The lowest BCUT2D eigenvalue weighted by atomic mass is 10.1. The Balaban J connectivity index is 1.54. The maximum Gasteiger partial charge on any atom is 0.257 e. The average Bonchev–Trinajstić information content (AvgIpc) is 3.08. The summed E-state index contributed by atoms with van der Waals surface area (Å²) in [5, 5.41) is 11.5. The third-order valence-corrected chi connectivity index (χ3v) is 5.96. The van der Waals surface area contributed by atoms with Gasteiger partial charge in [0.2, 0.25) is 5.13 Å². The van der Waals surface area contributed by atoms with E-state index < -0.39 is 0 Å². The van der Waals surface area contributed by atoms with Crippen molar-refractivity contribution in [3.8, 4) is 0 Å². The first-order valence-electron chi connectivity index (χ1n) is 8.41. The minimum Gasteiger partial charge on any atom is -0.379 e. The second kappa shape index (κ2) is 9.28. The largest absolute Gasteiger partial charge is 0.379 e. The number of carbonyl (C=O) groups is 1. The van der Waals surface area contributed by atoms with E-state index in [0.29, 0.717) is 10.7 Å². The van der Waals surface area contributed by atoms with Crippen LogP contribution in [0, 0.1) is 0 Å². The van der Waals surface area contributed by atoms with Crippen molar-refractivity contribution >= 4 is 34.1 Å². The molecule has 0 bridgehead atoms. The van der Waals surface area contributed by atoms with E-state index in [2.05, 4.69) is 27.3 Å². The molecule has 0 aliphatic carbocycles. The molecular formula is C17H22N4O2S2. The van der Waals surface area contributed by atoms with Crippen molar-refractivity contribution in [2.24, 2.45) is 0 Å². The highest BCUT2D eigenvalue weighted by atomic mass is 32.2. The molecule has 0 unspecified atom stereocenters. The van der Waals surface area contributed by atoms with Crippen LogP contribution in [0.4, 0.5) is 5.13 Å². The number of hydrogen-bond acceptors (Lipinski definition) is 7. The monoisotopic (exact) mass is 378 g/mol. The van der Waals surface area contributed by atoms with E-state index in [1.54, 1.807) is 11.8 Å². The molecule has 6 nitrogen and oxygen atoms in total. The molecule has 1 aromatic carbocycles. The number of nitrogens with one attached hydrogen (secondary N) is 1. The Morgan fingerprint density at radius 2 is 2.04 bits per heavy atom. The third kappa shape index (κ3) is 5.50. The molecule has 2 aromatic rings. The molecular weight excluding hydrogens is 356 g/mol. The van der Waals surface area contributed by atoms with Crippen LogP contribution in [0.3, 0.4) is 0 Å². The standard InChI is InChI=1S/C17H22N4O2S2/c1-2-11-24-17-20-19-16(25-17)18-15(22)14-5-3-13(4-6-14)12-21-7-9-23-10-8-21/h3-6H,2,7-12H2,1H3,(H,18,19,22). The van der Waals surface area contributed by atoms with Crippen LogP contribution < -0.4 is 5.32 Å². The molecule has 8 heteroatoms. The predicted octanol–water partition coefficient (Wildman–Crippen LogP) is 3.12. The van der Waals surface area contributed by atoms with Crippen LogP contribution in [-0.2, 0) is 11.3 Å². The Bertz CT molecular complexity index is 684. The van der Waals surface area contributed by atoms with E-state index in [4.69, 9.17) is 4.74 Å². The summed E-state index contributed by atoms with van der Waals surface area (Å²) in [6.45, 7) is 6.51. The summed E-state index contributed by atoms with van der Waals surface area (Å²) in [4.78, 5) is 14.7. The van der Waals surface area contributed by atoms with Crippen LogP contribution in [0.5, 0.6) is 0 Å². The van der Waals surface area contributed by atoms with Gasteiger partial charge in [-0.25, -0.2) is 0 Å². The maximum atomic E-state index is 12.3. The minimum absolute atomic E-state index is 0.152. The highest BCUT2D eigenvalue weighted by molar-refractivity contribution is 8.01. The molecule has 2 heterocycles. The summed E-state index contributed by atoms with van der Waals surface area (Å²) >= 11 is 3.08. The fraction of sp³-hybridized carbons (Fsp3) is 0.471. The van der Waals surface area contributed by atoms with Gasteiger partial charge in [0, 0.05) is 31.0 Å². The van der Waals surface area contributed by atoms with Crippen molar-refractivity contribution in [1.29, 1.82) is 0 Å². The number of benzene rings is 1.